The van der Waals surface area contributed by atoms with E-state index in [1.165, 1.54) is 6.07 Å². The molecule has 1 rings (SSSR count). The van der Waals surface area contributed by atoms with Gasteiger partial charge in [-0.3, -0.25) is 4.79 Å². The number of halogens is 2. The fourth-order valence-corrected chi connectivity index (χ4v) is 1.93. The van der Waals surface area contributed by atoms with Crippen LogP contribution in [0.15, 0.2) is 22.7 Å². The van der Waals surface area contributed by atoms with Gasteiger partial charge in [-0.1, -0.05) is 6.07 Å². The van der Waals surface area contributed by atoms with E-state index in [0.717, 1.165) is 13.0 Å². The van der Waals surface area contributed by atoms with E-state index in [9.17, 15) is 9.18 Å². The second kappa shape index (κ2) is 7.60. The highest BCUT2D eigenvalue weighted by atomic mass is 79.9. The fourth-order valence-electron chi connectivity index (χ4n) is 1.56. The fraction of sp³-hybridized carbons (Fsp3) is 0.500. The highest BCUT2D eigenvalue weighted by Gasteiger charge is 2.13. The van der Waals surface area contributed by atoms with E-state index in [1.54, 1.807) is 12.1 Å². The molecular weight excluding hydrogens is 311 g/mol. The molecule has 1 aromatic rings. The molecule has 3 nitrogen and oxygen atoms in total. The molecular formula is C14H20BrFN2O. The lowest BCUT2D eigenvalue weighted by molar-refractivity contribution is 0.0947. The minimum Gasteiger partial charge on any atom is -0.352 e. The Labute approximate surface area is 122 Å². The van der Waals surface area contributed by atoms with Crippen molar-refractivity contribution in [2.24, 2.45) is 0 Å². The summed E-state index contributed by atoms with van der Waals surface area (Å²) >= 11 is 3.07. The molecule has 0 aliphatic rings. The predicted molar refractivity (Wildman–Crippen MR) is 78.8 cm³/mol. The van der Waals surface area contributed by atoms with Gasteiger partial charge in [-0.2, -0.15) is 0 Å². The van der Waals surface area contributed by atoms with Crippen LogP contribution in [0.1, 0.15) is 30.6 Å². The van der Waals surface area contributed by atoms with Crippen LogP contribution in [0.3, 0.4) is 0 Å². The Morgan fingerprint density at radius 3 is 2.79 bits per heavy atom. The largest absolute Gasteiger partial charge is 0.352 e. The molecule has 0 spiro atoms. The molecule has 5 heteroatoms. The normalized spacial score (nSPS) is 11.1. The zero-order valence-corrected chi connectivity index (χ0v) is 13.1. The van der Waals surface area contributed by atoms with Crippen LogP contribution < -0.4 is 5.32 Å². The van der Waals surface area contributed by atoms with E-state index >= 15 is 0 Å². The molecule has 0 radical (unpaired) electrons. The second-order valence-electron chi connectivity index (χ2n) is 4.79. The van der Waals surface area contributed by atoms with Gasteiger partial charge in [-0.15, -0.1) is 0 Å². The van der Waals surface area contributed by atoms with E-state index in [0.29, 0.717) is 17.1 Å². The summed E-state index contributed by atoms with van der Waals surface area (Å²) in [5, 5.41) is 2.73. The number of nitrogens with zero attached hydrogens (tertiary/aromatic N) is 1. The molecule has 0 aliphatic heterocycles. The third-order valence-electron chi connectivity index (χ3n) is 3.05. The SMILES string of the molecule is CC(C)N(C)CCCNC(=O)c1cccc(Br)c1F. The molecule has 0 aromatic heterocycles. The Morgan fingerprint density at radius 2 is 2.16 bits per heavy atom. The van der Waals surface area contributed by atoms with E-state index in [1.807, 2.05) is 7.05 Å². The van der Waals surface area contributed by atoms with Gasteiger partial charge in [0.15, 0.2) is 0 Å². The number of carbonyl (C=O) groups excluding carboxylic acids is 1. The van der Waals surface area contributed by atoms with Crippen molar-refractivity contribution in [2.45, 2.75) is 26.3 Å². The Bertz CT molecular complexity index is 437. The van der Waals surface area contributed by atoms with Crippen LogP contribution in [-0.4, -0.2) is 37.0 Å². The van der Waals surface area contributed by atoms with Crippen molar-refractivity contribution in [1.82, 2.24) is 10.2 Å². The summed E-state index contributed by atoms with van der Waals surface area (Å²) in [6, 6.07) is 5.19. The van der Waals surface area contributed by atoms with Crippen molar-refractivity contribution in [3.05, 3.63) is 34.1 Å². The van der Waals surface area contributed by atoms with Crippen molar-refractivity contribution in [2.75, 3.05) is 20.1 Å². The Morgan fingerprint density at radius 1 is 1.47 bits per heavy atom. The number of amides is 1. The molecule has 1 N–H and O–H groups in total. The van der Waals surface area contributed by atoms with Crippen LogP contribution in [0.4, 0.5) is 4.39 Å². The van der Waals surface area contributed by atoms with E-state index in [-0.39, 0.29) is 11.5 Å². The minimum absolute atomic E-state index is 0.0755. The maximum atomic E-state index is 13.7. The Hall–Kier alpha value is -0.940. The van der Waals surface area contributed by atoms with Crippen molar-refractivity contribution in [1.29, 1.82) is 0 Å². The van der Waals surface area contributed by atoms with Gasteiger partial charge >= 0.3 is 0 Å². The Balaban J connectivity index is 2.42. The molecule has 19 heavy (non-hydrogen) atoms. The smallest absolute Gasteiger partial charge is 0.254 e. The summed E-state index contributed by atoms with van der Waals surface area (Å²) in [4.78, 5) is 14.0. The zero-order chi connectivity index (χ0) is 14.4. The molecule has 0 unspecified atom stereocenters. The number of hydrogen-bond acceptors (Lipinski definition) is 2. The highest BCUT2D eigenvalue weighted by molar-refractivity contribution is 9.10. The number of carbonyl (C=O) groups is 1. The molecule has 0 saturated heterocycles. The summed E-state index contributed by atoms with van der Waals surface area (Å²) in [6.45, 7) is 5.69. The summed E-state index contributed by atoms with van der Waals surface area (Å²) < 4.78 is 14.0. The first kappa shape index (κ1) is 16.1. The summed E-state index contributed by atoms with van der Waals surface area (Å²) in [5.41, 5.74) is 0.0755. The lowest BCUT2D eigenvalue weighted by Crippen LogP contribution is -2.31. The highest BCUT2D eigenvalue weighted by Crippen LogP contribution is 2.18. The van der Waals surface area contributed by atoms with Crippen LogP contribution in [0, 0.1) is 5.82 Å². The monoisotopic (exact) mass is 330 g/mol. The van der Waals surface area contributed by atoms with Gasteiger partial charge in [0, 0.05) is 12.6 Å². The molecule has 0 heterocycles. The zero-order valence-electron chi connectivity index (χ0n) is 11.5. The predicted octanol–water partition coefficient (Wildman–Crippen LogP) is 3.05. The van der Waals surface area contributed by atoms with Gasteiger partial charge in [-0.05, 0) is 61.9 Å². The number of benzene rings is 1. The lowest BCUT2D eigenvalue weighted by atomic mass is 10.2. The standard InChI is InChI=1S/C14H20BrFN2O/c1-10(2)18(3)9-5-8-17-14(19)11-6-4-7-12(15)13(11)16/h4,6-7,10H,5,8-9H2,1-3H3,(H,17,19). The Kier molecular flexibility index (Phi) is 6.45. The molecule has 0 fully saturated rings. The van der Waals surface area contributed by atoms with Gasteiger partial charge in [0.2, 0.25) is 0 Å². The maximum absolute atomic E-state index is 13.7. The number of rotatable bonds is 6. The van der Waals surface area contributed by atoms with Crippen LogP contribution in [0.5, 0.6) is 0 Å². The van der Waals surface area contributed by atoms with Crippen LogP contribution in [0.2, 0.25) is 0 Å². The first-order valence-electron chi connectivity index (χ1n) is 6.36. The first-order chi connectivity index (χ1) is 8.93. The van der Waals surface area contributed by atoms with Crippen LogP contribution in [0.25, 0.3) is 0 Å². The number of nitrogens with one attached hydrogen (secondary N) is 1. The van der Waals surface area contributed by atoms with Crippen molar-refractivity contribution < 1.29 is 9.18 Å². The van der Waals surface area contributed by atoms with Crippen LogP contribution in [-0.2, 0) is 0 Å². The van der Waals surface area contributed by atoms with Gasteiger partial charge in [0.1, 0.15) is 5.82 Å². The molecule has 0 bridgehead atoms. The summed E-state index contributed by atoms with van der Waals surface area (Å²) in [6.07, 6.45) is 0.843. The topological polar surface area (TPSA) is 32.3 Å². The second-order valence-corrected chi connectivity index (χ2v) is 5.64. The molecule has 1 aromatic carbocycles. The van der Waals surface area contributed by atoms with Crippen molar-refractivity contribution in [3.8, 4) is 0 Å². The van der Waals surface area contributed by atoms with Gasteiger partial charge in [0.05, 0.1) is 10.0 Å². The first-order valence-corrected chi connectivity index (χ1v) is 7.15. The van der Waals surface area contributed by atoms with Crippen molar-refractivity contribution in [3.63, 3.8) is 0 Å². The average molecular weight is 331 g/mol. The molecule has 1 amide bonds. The minimum atomic E-state index is -0.515. The van der Waals surface area contributed by atoms with E-state index in [4.69, 9.17) is 0 Å². The van der Waals surface area contributed by atoms with Gasteiger partial charge in [0.25, 0.3) is 5.91 Å². The maximum Gasteiger partial charge on any atom is 0.254 e. The number of hydrogen-bond donors (Lipinski definition) is 1. The van der Waals surface area contributed by atoms with Gasteiger partial charge in [-0.25, -0.2) is 4.39 Å². The van der Waals surface area contributed by atoms with Crippen LogP contribution >= 0.6 is 15.9 Å². The molecule has 106 valence electrons. The quantitative estimate of drug-likeness (QED) is 0.813. The van der Waals surface area contributed by atoms with E-state index < -0.39 is 5.82 Å². The molecule has 0 saturated carbocycles. The summed E-state index contributed by atoms with van der Waals surface area (Å²) in [5.74, 6) is -0.884. The third-order valence-corrected chi connectivity index (χ3v) is 3.66. The van der Waals surface area contributed by atoms with E-state index in [2.05, 4.69) is 40.0 Å². The van der Waals surface area contributed by atoms with Gasteiger partial charge < -0.3 is 10.2 Å². The lowest BCUT2D eigenvalue weighted by Gasteiger charge is -2.20. The summed E-state index contributed by atoms with van der Waals surface area (Å²) in [7, 11) is 2.04. The van der Waals surface area contributed by atoms with Crippen molar-refractivity contribution >= 4 is 21.8 Å². The third kappa shape index (κ3) is 4.91. The molecule has 0 aliphatic carbocycles. The molecule has 0 atom stereocenters. The average Bonchev–Trinajstić information content (AvgIpc) is 2.37.